The van der Waals surface area contributed by atoms with Crippen LogP contribution < -0.4 is 10.1 Å². The summed E-state index contributed by atoms with van der Waals surface area (Å²) in [6.45, 7) is 0.423. The maximum absolute atomic E-state index is 12.0. The molecule has 23 heavy (non-hydrogen) atoms. The van der Waals surface area contributed by atoms with Crippen LogP contribution in [0, 0.1) is 5.92 Å². The van der Waals surface area contributed by atoms with E-state index in [-0.39, 0.29) is 31.3 Å². The number of sulfonamides is 1. The summed E-state index contributed by atoms with van der Waals surface area (Å²) in [5.41, 5.74) is 0.604. The first-order chi connectivity index (χ1) is 10.5. The highest BCUT2D eigenvalue weighted by Crippen LogP contribution is 2.23. The van der Waals surface area contributed by atoms with E-state index in [1.165, 1.54) is 16.4 Å². The molecule has 128 valence electrons. The predicted molar refractivity (Wildman–Crippen MR) is 74.9 cm³/mol. The normalized spacial score (nSPS) is 16.7. The number of hydrogen-bond acceptors (Lipinski definition) is 4. The molecular weight excluding hydrogens is 337 g/mol. The number of benzene rings is 1. The third-order valence-corrected chi connectivity index (χ3v) is 4.55. The summed E-state index contributed by atoms with van der Waals surface area (Å²) in [5.74, 6) is -1.03. The van der Waals surface area contributed by atoms with Gasteiger partial charge in [0, 0.05) is 19.6 Å². The number of nitrogens with zero attached hydrogens (tertiary/aromatic N) is 1. The van der Waals surface area contributed by atoms with E-state index in [9.17, 15) is 26.4 Å². The molecule has 1 aliphatic heterocycles. The summed E-state index contributed by atoms with van der Waals surface area (Å²) < 4.78 is 63.4. The van der Waals surface area contributed by atoms with E-state index in [1.807, 2.05) is 0 Å². The van der Waals surface area contributed by atoms with Crippen LogP contribution in [-0.4, -0.2) is 44.3 Å². The van der Waals surface area contributed by atoms with Gasteiger partial charge in [-0.25, -0.2) is 12.7 Å². The molecule has 0 aliphatic carbocycles. The molecule has 0 bridgehead atoms. The fourth-order valence-electron chi connectivity index (χ4n) is 2.02. The Labute approximate surface area is 131 Å². The Morgan fingerprint density at radius 3 is 2.35 bits per heavy atom. The second-order valence-corrected chi connectivity index (χ2v) is 7.17. The molecule has 2 rings (SSSR count). The zero-order valence-electron chi connectivity index (χ0n) is 12.1. The van der Waals surface area contributed by atoms with Gasteiger partial charge in [0.1, 0.15) is 5.75 Å². The highest BCUT2D eigenvalue weighted by Gasteiger charge is 2.37. The average molecular weight is 352 g/mol. The summed E-state index contributed by atoms with van der Waals surface area (Å²) >= 11 is 0. The summed E-state index contributed by atoms with van der Waals surface area (Å²) in [4.78, 5) is 11.8. The van der Waals surface area contributed by atoms with Crippen molar-refractivity contribution in [3.05, 3.63) is 29.8 Å². The molecule has 0 radical (unpaired) electrons. The first-order valence-corrected chi connectivity index (χ1v) is 8.47. The van der Waals surface area contributed by atoms with Crippen molar-refractivity contribution in [3.63, 3.8) is 0 Å². The summed E-state index contributed by atoms with van der Waals surface area (Å²) in [7, 11) is -3.27. The minimum absolute atomic E-state index is 0.139. The van der Waals surface area contributed by atoms with Crippen molar-refractivity contribution in [2.75, 3.05) is 19.3 Å². The molecule has 10 heteroatoms. The largest absolute Gasteiger partial charge is 0.573 e. The van der Waals surface area contributed by atoms with Gasteiger partial charge in [0.05, 0.1) is 12.2 Å². The van der Waals surface area contributed by atoms with Crippen molar-refractivity contribution in [2.24, 2.45) is 5.92 Å². The standard InChI is InChI=1S/C13H15F3N2O4S/c1-23(20,21)18-7-10(8-18)12(19)17-6-9-2-4-11(5-3-9)22-13(14,15)16/h2-5,10H,6-8H2,1H3,(H,17,19). The van der Waals surface area contributed by atoms with Crippen LogP contribution in [0.1, 0.15) is 5.56 Å². The zero-order valence-corrected chi connectivity index (χ0v) is 12.9. The number of rotatable bonds is 5. The van der Waals surface area contributed by atoms with Gasteiger partial charge < -0.3 is 10.1 Å². The van der Waals surface area contributed by atoms with Gasteiger partial charge in [0.25, 0.3) is 0 Å². The molecule has 0 atom stereocenters. The van der Waals surface area contributed by atoms with E-state index in [4.69, 9.17) is 0 Å². The number of carbonyl (C=O) groups is 1. The number of nitrogens with one attached hydrogen (secondary N) is 1. The molecule has 0 unspecified atom stereocenters. The van der Waals surface area contributed by atoms with Crippen LogP contribution in [0.4, 0.5) is 13.2 Å². The lowest BCUT2D eigenvalue weighted by molar-refractivity contribution is -0.274. The third-order valence-electron chi connectivity index (χ3n) is 3.31. The van der Waals surface area contributed by atoms with Crippen molar-refractivity contribution >= 4 is 15.9 Å². The van der Waals surface area contributed by atoms with Crippen LogP contribution in [0.2, 0.25) is 0 Å². The van der Waals surface area contributed by atoms with Gasteiger partial charge in [-0.2, -0.15) is 0 Å². The molecule has 1 aromatic carbocycles. The van der Waals surface area contributed by atoms with Gasteiger partial charge in [-0.1, -0.05) is 12.1 Å². The van der Waals surface area contributed by atoms with Gasteiger partial charge in [0.15, 0.2) is 0 Å². The minimum Gasteiger partial charge on any atom is -0.406 e. The van der Waals surface area contributed by atoms with Crippen molar-refractivity contribution in [2.45, 2.75) is 12.9 Å². The Morgan fingerprint density at radius 2 is 1.87 bits per heavy atom. The fraction of sp³-hybridized carbons (Fsp3) is 0.462. The third kappa shape index (κ3) is 5.10. The van der Waals surface area contributed by atoms with Gasteiger partial charge >= 0.3 is 6.36 Å². The second-order valence-electron chi connectivity index (χ2n) is 5.19. The highest BCUT2D eigenvalue weighted by molar-refractivity contribution is 7.88. The lowest BCUT2D eigenvalue weighted by atomic mass is 10.0. The Morgan fingerprint density at radius 1 is 1.30 bits per heavy atom. The molecule has 1 aromatic rings. The SMILES string of the molecule is CS(=O)(=O)N1CC(C(=O)NCc2ccc(OC(F)(F)F)cc2)C1. The second kappa shape index (κ2) is 6.36. The Kier molecular flexibility index (Phi) is 4.85. The highest BCUT2D eigenvalue weighted by atomic mass is 32.2. The number of hydrogen-bond donors (Lipinski definition) is 1. The van der Waals surface area contributed by atoms with E-state index in [0.717, 1.165) is 18.4 Å². The molecule has 1 amide bonds. The van der Waals surface area contributed by atoms with E-state index >= 15 is 0 Å². The number of halogens is 3. The lowest BCUT2D eigenvalue weighted by Crippen LogP contribution is -2.55. The van der Waals surface area contributed by atoms with Crippen LogP contribution >= 0.6 is 0 Å². The molecular formula is C13H15F3N2O4S. The molecule has 0 saturated carbocycles. The van der Waals surface area contributed by atoms with Gasteiger partial charge in [0.2, 0.25) is 15.9 Å². The molecule has 1 saturated heterocycles. The molecule has 1 N–H and O–H groups in total. The molecule has 1 aliphatic rings. The first kappa shape index (κ1) is 17.5. The lowest BCUT2D eigenvalue weighted by Gasteiger charge is -2.35. The van der Waals surface area contributed by atoms with Gasteiger partial charge in [-0.15, -0.1) is 13.2 Å². The molecule has 0 aromatic heterocycles. The summed E-state index contributed by atoms with van der Waals surface area (Å²) in [5, 5.41) is 2.62. The minimum atomic E-state index is -4.74. The van der Waals surface area contributed by atoms with E-state index in [2.05, 4.69) is 10.1 Å². The van der Waals surface area contributed by atoms with Crippen LogP contribution in [0.25, 0.3) is 0 Å². The topological polar surface area (TPSA) is 75.7 Å². The van der Waals surface area contributed by atoms with Gasteiger partial charge in [-0.3, -0.25) is 4.79 Å². The molecule has 6 nitrogen and oxygen atoms in total. The monoisotopic (exact) mass is 352 g/mol. The number of amides is 1. The van der Waals surface area contributed by atoms with Crippen LogP contribution in [0.3, 0.4) is 0 Å². The van der Waals surface area contributed by atoms with Crippen LogP contribution in [0.5, 0.6) is 5.75 Å². The van der Waals surface area contributed by atoms with Crippen molar-refractivity contribution in [1.82, 2.24) is 9.62 Å². The fourth-order valence-corrected chi connectivity index (χ4v) is 2.92. The number of alkyl halides is 3. The van der Waals surface area contributed by atoms with Crippen molar-refractivity contribution < 1.29 is 31.1 Å². The van der Waals surface area contributed by atoms with Crippen molar-refractivity contribution in [1.29, 1.82) is 0 Å². The number of ether oxygens (including phenoxy) is 1. The van der Waals surface area contributed by atoms with Gasteiger partial charge in [-0.05, 0) is 17.7 Å². The molecule has 0 spiro atoms. The Balaban J connectivity index is 1.79. The van der Waals surface area contributed by atoms with Crippen LogP contribution in [-0.2, 0) is 21.4 Å². The smallest absolute Gasteiger partial charge is 0.406 e. The summed E-state index contributed by atoms with van der Waals surface area (Å²) in [6, 6.07) is 5.13. The quantitative estimate of drug-likeness (QED) is 0.861. The first-order valence-electron chi connectivity index (χ1n) is 6.62. The summed E-state index contributed by atoms with van der Waals surface area (Å²) in [6.07, 6.45) is -3.67. The Hall–Kier alpha value is -1.81. The maximum atomic E-state index is 12.0. The van der Waals surface area contributed by atoms with E-state index < -0.39 is 22.3 Å². The number of carbonyl (C=O) groups excluding carboxylic acids is 1. The van der Waals surface area contributed by atoms with E-state index in [0.29, 0.717) is 5.56 Å². The maximum Gasteiger partial charge on any atom is 0.573 e. The van der Waals surface area contributed by atoms with Crippen LogP contribution in [0.15, 0.2) is 24.3 Å². The average Bonchev–Trinajstić information content (AvgIpc) is 2.32. The zero-order chi connectivity index (χ0) is 17.3. The predicted octanol–water partition coefficient (Wildman–Crippen LogP) is 1.09. The van der Waals surface area contributed by atoms with E-state index in [1.54, 1.807) is 0 Å². The molecule has 1 heterocycles. The van der Waals surface area contributed by atoms with Crippen molar-refractivity contribution in [3.8, 4) is 5.75 Å². The molecule has 1 fully saturated rings. The Bertz CT molecular complexity index is 667.